The number of carbonyl (C=O) groups excluding carboxylic acids is 1. The van der Waals surface area contributed by atoms with Crippen LogP contribution in [0.25, 0.3) is 0 Å². The number of likely N-dealkylation sites (N-methyl/N-ethyl adjacent to an activating group) is 2. The highest BCUT2D eigenvalue weighted by Gasteiger charge is 2.40. The summed E-state index contributed by atoms with van der Waals surface area (Å²) in [6, 6.07) is -0.0721. The Balaban J connectivity index is 1.64. The van der Waals surface area contributed by atoms with Gasteiger partial charge in [0.1, 0.15) is 0 Å². The van der Waals surface area contributed by atoms with Gasteiger partial charge in [0.15, 0.2) is 0 Å². The van der Waals surface area contributed by atoms with Crippen LogP contribution in [0.4, 0.5) is 4.79 Å². The fourth-order valence-corrected chi connectivity index (χ4v) is 3.02. The van der Waals surface area contributed by atoms with Crippen LogP contribution >= 0.6 is 0 Å². The number of nitrogens with one attached hydrogen (secondary N) is 1. The van der Waals surface area contributed by atoms with Gasteiger partial charge in [-0.05, 0) is 31.7 Å². The second-order valence-electron chi connectivity index (χ2n) is 7.15. The fourth-order valence-electron chi connectivity index (χ4n) is 3.02. The first-order chi connectivity index (χ1) is 10.4. The highest BCUT2D eigenvalue weighted by atomic mass is 16.3. The molecule has 6 heteroatoms. The maximum absolute atomic E-state index is 12.1. The number of β-amino-alcohol motifs (C(OH)–C–C–N with tert-alkyl or cyclic N) is 1. The zero-order valence-electron chi connectivity index (χ0n) is 14.3. The Morgan fingerprint density at radius 2 is 1.95 bits per heavy atom. The third-order valence-electron chi connectivity index (χ3n) is 5.22. The van der Waals surface area contributed by atoms with Crippen LogP contribution in [0, 0.1) is 5.41 Å². The van der Waals surface area contributed by atoms with Gasteiger partial charge in [0.2, 0.25) is 0 Å². The molecule has 2 rings (SSSR count). The van der Waals surface area contributed by atoms with Gasteiger partial charge in [-0.1, -0.05) is 6.92 Å². The van der Waals surface area contributed by atoms with Crippen molar-refractivity contribution in [2.24, 2.45) is 5.41 Å². The average molecular weight is 312 g/mol. The van der Waals surface area contributed by atoms with E-state index in [1.807, 2.05) is 0 Å². The van der Waals surface area contributed by atoms with Gasteiger partial charge in [0, 0.05) is 52.9 Å². The Labute approximate surface area is 134 Å². The Hall–Kier alpha value is -0.850. The van der Waals surface area contributed by atoms with Crippen molar-refractivity contribution in [3.63, 3.8) is 0 Å². The molecule has 0 aromatic heterocycles. The minimum Gasteiger partial charge on any atom is -0.390 e. The number of urea groups is 1. The molecule has 1 aliphatic carbocycles. The van der Waals surface area contributed by atoms with E-state index >= 15 is 0 Å². The number of piperazine rings is 1. The standard InChI is InChI=1S/C16H32N4O2/c1-4-16(5-6-16)13-17-15(22)19(3)11-14(21)12-20-9-7-18(2)8-10-20/h14,21H,4-13H2,1-3H3,(H,17,22). The normalized spacial score (nSPS) is 23.1. The largest absolute Gasteiger partial charge is 0.390 e. The molecular formula is C16H32N4O2. The Bertz CT molecular complexity index is 365. The summed E-state index contributed by atoms with van der Waals surface area (Å²) < 4.78 is 0. The van der Waals surface area contributed by atoms with Crippen LogP contribution in [0.5, 0.6) is 0 Å². The third-order valence-corrected chi connectivity index (χ3v) is 5.22. The molecule has 1 saturated carbocycles. The van der Waals surface area contributed by atoms with E-state index < -0.39 is 6.10 Å². The van der Waals surface area contributed by atoms with Crippen molar-refractivity contribution in [1.29, 1.82) is 0 Å². The van der Waals surface area contributed by atoms with Crippen LogP contribution in [0.3, 0.4) is 0 Å². The zero-order chi connectivity index (χ0) is 16.2. The van der Waals surface area contributed by atoms with Crippen molar-refractivity contribution in [3.05, 3.63) is 0 Å². The van der Waals surface area contributed by atoms with Crippen molar-refractivity contribution in [3.8, 4) is 0 Å². The Morgan fingerprint density at radius 3 is 2.50 bits per heavy atom. The van der Waals surface area contributed by atoms with Gasteiger partial charge >= 0.3 is 6.03 Å². The minimum atomic E-state index is -0.486. The van der Waals surface area contributed by atoms with E-state index in [-0.39, 0.29) is 6.03 Å². The lowest BCUT2D eigenvalue weighted by Crippen LogP contribution is -2.50. The fraction of sp³-hybridized carbons (Fsp3) is 0.938. The monoisotopic (exact) mass is 312 g/mol. The maximum atomic E-state index is 12.1. The summed E-state index contributed by atoms with van der Waals surface area (Å²) in [5.41, 5.74) is 0.356. The summed E-state index contributed by atoms with van der Waals surface area (Å²) in [4.78, 5) is 18.3. The van der Waals surface area contributed by atoms with Crippen molar-refractivity contribution in [2.45, 2.75) is 32.3 Å². The van der Waals surface area contributed by atoms with Gasteiger partial charge in [0.25, 0.3) is 0 Å². The smallest absolute Gasteiger partial charge is 0.317 e. The molecule has 1 aliphatic heterocycles. The molecule has 22 heavy (non-hydrogen) atoms. The predicted molar refractivity (Wildman–Crippen MR) is 87.9 cm³/mol. The quantitative estimate of drug-likeness (QED) is 0.716. The van der Waals surface area contributed by atoms with E-state index in [2.05, 4.69) is 29.1 Å². The number of nitrogens with zero attached hydrogens (tertiary/aromatic N) is 3. The first-order valence-electron chi connectivity index (χ1n) is 8.52. The molecular weight excluding hydrogens is 280 g/mol. The van der Waals surface area contributed by atoms with E-state index in [4.69, 9.17) is 0 Å². The molecule has 2 amide bonds. The lowest BCUT2D eigenvalue weighted by molar-refractivity contribution is 0.0657. The highest BCUT2D eigenvalue weighted by Crippen LogP contribution is 2.47. The summed E-state index contributed by atoms with van der Waals surface area (Å²) in [6.45, 7) is 8.04. The zero-order valence-corrected chi connectivity index (χ0v) is 14.3. The van der Waals surface area contributed by atoms with Crippen molar-refractivity contribution < 1.29 is 9.90 Å². The van der Waals surface area contributed by atoms with Gasteiger partial charge in [-0.2, -0.15) is 0 Å². The van der Waals surface area contributed by atoms with E-state index in [9.17, 15) is 9.90 Å². The van der Waals surface area contributed by atoms with Crippen LogP contribution in [-0.4, -0.2) is 91.8 Å². The first-order valence-corrected chi connectivity index (χ1v) is 8.52. The lowest BCUT2D eigenvalue weighted by atomic mass is 10.0. The summed E-state index contributed by atoms with van der Waals surface area (Å²) >= 11 is 0. The molecule has 2 aliphatic rings. The maximum Gasteiger partial charge on any atom is 0.317 e. The second kappa shape index (κ2) is 7.62. The van der Waals surface area contributed by atoms with Gasteiger partial charge < -0.3 is 20.2 Å². The summed E-state index contributed by atoms with van der Waals surface area (Å²) in [5, 5.41) is 13.2. The molecule has 1 saturated heterocycles. The summed E-state index contributed by atoms with van der Waals surface area (Å²) in [7, 11) is 3.88. The third kappa shape index (κ3) is 5.11. The molecule has 0 spiro atoms. The first kappa shape index (κ1) is 17.5. The lowest BCUT2D eigenvalue weighted by Gasteiger charge is -2.34. The number of hydrogen-bond donors (Lipinski definition) is 2. The van der Waals surface area contributed by atoms with Gasteiger partial charge in [0.05, 0.1) is 6.10 Å². The van der Waals surface area contributed by atoms with Crippen molar-refractivity contribution in [1.82, 2.24) is 20.0 Å². The molecule has 1 unspecified atom stereocenters. The molecule has 2 N–H and O–H groups in total. The van der Waals surface area contributed by atoms with Crippen LogP contribution < -0.4 is 5.32 Å². The topological polar surface area (TPSA) is 59.1 Å². The predicted octanol–water partition coefficient (Wildman–Crippen LogP) is 0.426. The van der Waals surface area contributed by atoms with Crippen molar-refractivity contribution >= 4 is 6.03 Å². The van der Waals surface area contributed by atoms with Gasteiger partial charge in [-0.25, -0.2) is 4.79 Å². The number of rotatable bonds is 7. The van der Waals surface area contributed by atoms with Crippen molar-refractivity contribution in [2.75, 3.05) is 59.9 Å². The van der Waals surface area contributed by atoms with Gasteiger partial charge in [-0.15, -0.1) is 0 Å². The Kier molecular flexibility index (Phi) is 6.06. The molecule has 6 nitrogen and oxygen atoms in total. The van der Waals surface area contributed by atoms with E-state index in [0.29, 0.717) is 18.5 Å². The summed E-state index contributed by atoms with van der Waals surface area (Å²) in [5.74, 6) is 0. The van der Waals surface area contributed by atoms with Crippen LogP contribution in [-0.2, 0) is 0 Å². The number of aliphatic hydroxyl groups is 1. The molecule has 1 atom stereocenters. The van der Waals surface area contributed by atoms with E-state index in [1.54, 1.807) is 11.9 Å². The molecule has 128 valence electrons. The van der Waals surface area contributed by atoms with E-state index in [1.165, 1.54) is 12.8 Å². The molecule has 2 fully saturated rings. The van der Waals surface area contributed by atoms with Crippen LogP contribution in [0.1, 0.15) is 26.2 Å². The average Bonchev–Trinajstić information content (AvgIpc) is 3.27. The van der Waals surface area contributed by atoms with Crippen LogP contribution in [0.2, 0.25) is 0 Å². The summed E-state index contributed by atoms with van der Waals surface area (Å²) in [6.07, 6.45) is 3.09. The number of amides is 2. The minimum absolute atomic E-state index is 0.0721. The number of hydrogen-bond acceptors (Lipinski definition) is 4. The number of aliphatic hydroxyl groups excluding tert-OH is 1. The second-order valence-corrected chi connectivity index (χ2v) is 7.15. The van der Waals surface area contributed by atoms with E-state index in [0.717, 1.165) is 39.1 Å². The van der Waals surface area contributed by atoms with Gasteiger partial charge in [-0.3, -0.25) is 4.90 Å². The highest BCUT2D eigenvalue weighted by molar-refractivity contribution is 5.73. The molecule has 0 bridgehead atoms. The Morgan fingerprint density at radius 1 is 1.32 bits per heavy atom. The SMILES string of the molecule is CCC1(CNC(=O)N(C)CC(O)CN2CCN(C)CC2)CC1. The molecule has 0 aromatic rings. The van der Waals surface area contributed by atoms with Crippen LogP contribution in [0.15, 0.2) is 0 Å². The number of carbonyl (C=O) groups is 1. The molecule has 0 radical (unpaired) electrons. The molecule has 0 aromatic carbocycles. The molecule has 1 heterocycles.